The van der Waals surface area contributed by atoms with Crippen molar-refractivity contribution in [1.29, 1.82) is 0 Å². The third kappa shape index (κ3) is 4.23. The smallest absolute Gasteiger partial charge is 0.228 e. The molecule has 1 heterocycles. The van der Waals surface area contributed by atoms with Crippen LogP contribution < -0.4 is 10.6 Å². The standard InChI is InChI=1S/C18H20ClN3O/c19-15-8-4-5-9-16(15)21-14-10-11-17(20-12-14)22-18(23)13-6-2-1-3-7-13/h4-5,8-13,21H,1-3,6-7H2,(H,20,22,23). The van der Waals surface area contributed by atoms with E-state index in [-0.39, 0.29) is 11.8 Å². The van der Waals surface area contributed by atoms with Gasteiger partial charge in [0.05, 0.1) is 22.6 Å². The summed E-state index contributed by atoms with van der Waals surface area (Å²) in [5.74, 6) is 0.806. The fourth-order valence-electron chi connectivity index (χ4n) is 2.85. The molecule has 2 N–H and O–H groups in total. The number of carbonyl (C=O) groups excluding carboxylic acids is 1. The molecule has 1 aromatic heterocycles. The summed E-state index contributed by atoms with van der Waals surface area (Å²) < 4.78 is 0. The summed E-state index contributed by atoms with van der Waals surface area (Å²) >= 11 is 6.12. The number of carbonyl (C=O) groups is 1. The summed E-state index contributed by atoms with van der Waals surface area (Å²) in [6.45, 7) is 0. The normalized spacial score (nSPS) is 15.2. The van der Waals surface area contributed by atoms with E-state index < -0.39 is 0 Å². The zero-order valence-corrected chi connectivity index (χ0v) is 13.6. The molecule has 1 amide bonds. The Hall–Kier alpha value is -2.07. The molecule has 1 saturated carbocycles. The van der Waals surface area contributed by atoms with E-state index in [0.717, 1.165) is 37.1 Å². The molecule has 5 heteroatoms. The van der Waals surface area contributed by atoms with Gasteiger partial charge in [-0.1, -0.05) is 43.0 Å². The number of hydrogen-bond acceptors (Lipinski definition) is 3. The first-order valence-electron chi connectivity index (χ1n) is 8.01. The molecule has 0 unspecified atom stereocenters. The van der Waals surface area contributed by atoms with Crippen LogP contribution in [0.15, 0.2) is 42.6 Å². The van der Waals surface area contributed by atoms with Gasteiger partial charge in [0, 0.05) is 5.92 Å². The Labute approximate surface area is 141 Å². The molecule has 0 bridgehead atoms. The van der Waals surface area contributed by atoms with Gasteiger partial charge in [0.15, 0.2) is 0 Å². The molecule has 1 aliphatic carbocycles. The summed E-state index contributed by atoms with van der Waals surface area (Å²) in [5.41, 5.74) is 1.66. The number of anilines is 3. The van der Waals surface area contributed by atoms with Gasteiger partial charge in [0.1, 0.15) is 5.82 Å². The Morgan fingerprint density at radius 3 is 2.57 bits per heavy atom. The van der Waals surface area contributed by atoms with Crippen molar-refractivity contribution in [2.24, 2.45) is 5.92 Å². The Bertz CT molecular complexity index is 666. The number of rotatable bonds is 4. The second kappa shape index (κ2) is 7.47. The van der Waals surface area contributed by atoms with Crippen LogP contribution in [0.2, 0.25) is 5.02 Å². The molecule has 4 nitrogen and oxygen atoms in total. The second-order valence-electron chi connectivity index (χ2n) is 5.86. The van der Waals surface area contributed by atoms with Crippen molar-refractivity contribution in [3.63, 3.8) is 0 Å². The zero-order valence-electron chi connectivity index (χ0n) is 12.9. The number of halogens is 1. The van der Waals surface area contributed by atoms with Crippen LogP contribution in [0.5, 0.6) is 0 Å². The maximum absolute atomic E-state index is 12.2. The summed E-state index contributed by atoms with van der Waals surface area (Å²) in [7, 11) is 0. The third-order valence-corrected chi connectivity index (χ3v) is 4.47. The van der Waals surface area contributed by atoms with Crippen LogP contribution in [-0.4, -0.2) is 10.9 Å². The second-order valence-corrected chi connectivity index (χ2v) is 6.27. The highest BCUT2D eigenvalue weighted by Crippen LogP contribution is 2.26. The molecule has 1 fully saturated rings. The maximum atomic E-state index is 12.2. The Balaban J connectivity index is 1.60. The van der Waals surface area contributed by atoms with Crippen LogP contribution in [0.3, 0.4) is 0 Å². The third-order valence-electron chi connectivity index (χ3n) is 4.14. The van der Waals surface area contributed by atoms with Crippen LogP contribution >= 0.6 is 11.6 Å². The number of nitrogens with one attached hydrogen (secondary N) is 2. The molecule has 0 aliphatic heterocycles. The van der Waals surface area contributed by atoms with E-state index in [4.69, 9.17) is 11.6 Å². The van der Waals surface area contributed by atoms with E-state index >= 15 is 0 Å². The molecule has 0 saturated heterocycles. The van der Waals surface area contributed by atoms with Crippen molar-refractivity contribution < 1.29 is 4.79 Å². The molecule has 1 aliphatic rings. The molecule has 3 rings (SSSR count). The van der Waals surface area contributed by atoms with Crippen molar-refractivity contribution in [1.82, 2.24) is 4.98 Å². The van der Waals surface area contributed by atoms with Crippen LogP contribution in [0.4, 0.5) is 17.2 Å². The highest BCUT2D eigenvalue weighted by molar-refractivity contribution is 6.33. The van der Waals surface area contributed by atoms with E-state index in [0.29, 0.717) is 10.8 Å². The molecule has 120 valence electrons. The minimum Gasteiger partial charge on any atom is -0.353 e. The summed E-state index contributed by atoms with van der Waals surface area (Å²) in [6, 6.07) is 11.2. The fourth-order valence-corrected chi connectivity index (χ4v) is 3.04. The molecular formula is C18H20ClN3O. The van der Waals surface area contributed by atoms with Gasteiger partial charge in [-0.05, 0) is 37.1 Å². The summed E-state index contributed by atoms with van der Waals surface area (Å²) in [5, 5.41) is 6.77. The van der Waals surface area contributed by atoms with Gasteiger partial charge in [-0.15, -0.1) is 0 Å². The lowest BCUT2D eigenvalue weighted by atomic mass is 9.89. The van der Waals surface area contributed by atoms with Crippen LogP contribution in [-0.2, 0) is 4.79 Å². The molecule has 0 atom stereocenters. The Morgan fingerprint density at radius 2 is 1.87 bits per heavy atom. The Morgan fingerprint density at radius 1 is 1.09 bits per heavy atom. The van der Waals surface area contributed by atoms with Crippen molar-refractivity contribution in [2.75, 3.05) is 10.6 Å². The molecule has 2 aromatic rings. The highest BCUT2D eigenvalue weighted by atomic mass is 35.5. The van der Waals surface area contributed by atoms with E-state index in [2.05, 4.69) is 15.6 Å². The lowest BCUT2D eigenvalue weighted by molar-refractivity contribution is -0.120. The fraction of sp³-hybridized carbons (Fsp3) is 0.333. The molecule has 1 aromatic carbocycles. The monoisotopic (exact) mass is 329 g/mol. The van der Waals surface area contributed by atoms with E-state index in [9.17, 15) is 4.79 Å². The largest absolute Gasteiger partial charge is 0.353 e. The SMILES string of the molecule is O=C(Nc1ccc(Nc2ccccc2Cl)cn1)C1CCCCC1. The minimum atomic E-state index is 0.0870. The first-order chi connectivity index (χ1) is 11.2. The molecule has 0 radical (unpaired) electrons. The lowest BCUT2D eigenvalue weighted by Crippen LogP contribution is -2.25. The lowest BCUT2D eigenvalue weighted by Gasteiger charge is -2.20. The summed E-state index contributed by atoms with van der Waals surface area (Å²) in [6.07, 6.45) is 7.19. The maximum Gasteiger partial charge on any atom is 0.228 e. The number of amides is 1. The van der Waals surface area contributed by atoms with Crippen LogP contribution in [0.25, 0.3) is 0 Å². The molecular weight excluding hydrogens is 310 g/mol. The number of nitrogens with zero attached hydrogens (tertiary/aromatic N) is 1. The highest BCUT2D eigenvalue weighted by Gasteiger charge is 2.21. The van der Waals surface area contributed by atoms with Gasteiger partial charge in [-0.2, -0.15) is 0 Å². The van der Waals surface area contributed by atoms with Gasteiger partial charge >= 0.3 is 0 Å². The van der Waals surface area contributed by atoms with Gasteiger partial charge in [0.25, 0.3) is 0 Å². The van der Waals surface area contributed by atoms with Crippen LogP contribution in [0, 0.1) is 5.92 Å². The van der Waals surface area contributed by atoms with E-state index in [1.165, 1.54) is 6.42 Å². The van der Waals surface area contributed by atoms with Gasteiger partial charge in [0.2, 0.25) is 5.91 Å². The summed E-state index contributed by atoms with van der Waals surface area (Å²) in [4.78, 5) is 16.5. The van der Waals surface area contributed by atoms with Crippen molar-refractivity contribution in [2.45, 2.75) is 32.1 Å². The van der Waals surface area contributed by atoms with Gasteiger partial charge in [-0.25, -0.2) is 4.98 Å². The quantitative estimate of drug-likeness (QED) is 0.830. The topological polar surface area (TPSA) is 54.0 Å². The van der Waals surface area contributed by atoms with Crippen LogP contribution in [0.1, 0.15) is 32.1 Å². The molecule has 23 heavy (non-hydrogen) atoms. The van der Waals surface area contributed by atoms with Crippen molar-refractivity contribution >= 4 is 34.7 Å². The number of pyridine rings is 1. The number of benzene rings is 1. The average Bonchev–Trinajstić information content (AvgIpc) is 2.59. The predicted octanol–water partition coefficient (Wildman–Crippen LogP) is 5.00. The number of hydrogen-bond donors (Lipinski definition) is 2. The predicted molar refractivity (Wildman–Crippen MR) is 94.2 cm³/mol. The molecule has 0 spiro atoms. The zero-order chi connectivity index (χ0) is 16.1. The van der Waals surface area contributed by atoms with Crippen molar-refractivity contribution in [3.8, 4) is 0 Å². The Kier molecular flexibility index (Phi) is 5.13. The average molecular weight is 330 g/mol. The van der Waals surface area contributed by atoms with Gasteiger partial charge in [-0.3, -0.25) is 4.79 Å². The number of para-hydroxylation sites is 1. The van der Waals surface area contributed by atoms with E-state index in [1.807, 2.05) is 30.3 Å². The minimum absolute atomic E-state index is 0.0870. The first kappa shape index (κ1) is 15.8. The number of aromatic nitrogens is 1. The van der Waals surface area contributed by atoms with E-state index in [1.54, 1.807) is 12.3 Å². The first-order valence-corrected chi connectivity index (χ1v) is 8.38. The van der Waals surface area contributed by atoms with Gasteiger partial charge < -0.3 is 10.6 Å². The van der Waals surface area contributed by atoms with Crippen molar-refractivity contribution in [3.05, 3.63) is 47.6 Å².